The molecule has 3 aromatic heterocycles. The standard InChI is InChI=1S/C16H8Cl3F3N6O2/c17-6-2-1-3-24-14(6)28-8(5-9(27-28)16(20,21)22)15(30)26-11-7(18)4-10(19)25-12(11)13(23)29/h1-5H,(H2,23,29)(H,26,30). The zero-order valence-corrected chi connectivity index (χ0v) is 16.6. The number of halogens is 6. The Morgan fingerprint density at radius 2 is 1.83 bits per heavy atom. The monoisotopic (exact) mass is 478 g/mol. The first-order chi connectivity index (χ1) is 14.0. The highest BCUT2D eigenvalue weighted by Gasteiger charge is 2.37. The summed E-state index contributed by atoms with van der Waals surface area (Å²) in [5.74, 6) is -2.42. The van der Waals surface area contributed by atoms with Gasteiger partial charge in [0.15, 0.2) is 17.2 Å². The molecule has 0 fully saturated rings. The molecule has 3 rings (SSSR count). The van der Waals surface area contributed by atoms with Gasteiger partial charge < -0.3 is 11.1 Å². The third-order valence-electron chi connectivity index (χ3n) is 3.58. The Hall–Kier alpha value is -2.89. The van der Waals surface area contributed by atoms with Gasteiger partial charge in [0.2, 0.25) is 0 Å². The summed E-state index contributed by atoms with van der Waals surface area (Å²) in [4.78, 5) is 31.9. The highest BCUT2D eigenvalue weighted by Crippen LogP contribution is 2.32. The zero-order chi connectivity index (χ0) is 22.2. The number of nitrogens with zero attached hydrogens (tertiary/aromatic N) is 4. The van der Waals surface area contributed by atoms with E-state index < -0.39 is 35.1 Å². The van der Waals surface area contributed by atoms with Gasteiger partial charge in [-0.2, -0.15) is 18.3 Å². The molecule has 3 aromatic rings. The molecule has 0 aliphatic carbocycles. The van der Waals surface area contributed by atoms with E-state index in [0.29, 0.717) is 10.7 Å². The smallest absolute Gasteiger partial charge is 0.364 e. The molecule has 0 aromatic carbocycles. The molecular weight excluding hydrogens is 472 g/mol. The Kier molecular flexibility index (Phi) is 5.88. The van der Waals surface area contributed by atoms with Gasteiger partial charge in [-0.1, -0.05) is 34.8 Å². The van der Waals surface area contributed by atoms with E-state index in [2.05, 4.69) is 20.4 Å². The molecule has 0 radical (unpaired) electrons. The van der Waals surface area contributed by atoms with E-state index in [1.54, 1.807) is 0 Å². The maximum atomic E-state index is 13.2. The number of alkyl halides is 3. The number of anilines is 1. The molecule has 3 heterocycles. The average molecular weight is 480 g/mol. The van der Waals surface area contributed by atoms with Crippen LogP contribution in [0.2, 0.25) is 15.2 Å². The van der Waals surface area contributed by atoms with Crippen molar-refractivity contribution in [3.05, 3.63) is 62.7 Å². The Morgan fingerprint density at radius 3 is 2.43 bits per heavy atom. The van der Waals surface area contributed by atoms with E-state index in [4.69, 9.17) is 40.5 Å². The summed E-state index contributed by atoms with van der Waals surface area (Å²) in [6.07, 6.45) is -3.61. The maximum absolute atomic E-state index is 13.2. The highest BCUT2D eigenvalue weighted by molar-refractivity contribution is 6.37. The number of hydrogen-bond donors (Lipinski definition) is 2. The van der Waals surface area contributed by atoms with E-state index in [1.165, 1.54) is 18.3 Å². The first-order valence-corrected chi connectivity index (χ1v) is 8.87. The molecule has 30 heavy (non-hydrogen) atoms. The maximum Gasteiger partial charge on any atom is 0.435 e. The fourth-order valence-corrected chi connectivity index (χ4v) is 3.03. The molecule has 0 spiro atoms. The number of carbonyl (C=O) groups excluding carboxylic acids is 2. The quantitative estimate of drug-likeness (QED) is 0.549. The second-order valence-electron chi connectivity index (χ2n) is 5.60. The molecule has 0 unspecified atom stereocenters. The first-order valence-electron chi connectivity index (χ1n) is 7.74. The molecule has 3 N–H and O–H groups in total. The van der Waals surface area contributed by atoms with Crippen molar-refractivity contribution in [3.63, 3.8) is 0 Å². The Bertz CT molecular complexity index is 1170. The Morgan fingerprint density at radius 1 is 1.13 bits per heavy atom. The molecule has 0 bridgehead atoms. The summed E-state index contributed by atoms with van der Waals surface area (Å²) in [6, 6.07) is 4.39. The summed E-state index contributed by atoms with van der Waals surface area (Å²) in [6.45, 7) is 0. The lowest BCUT2D eigenvalue weighted by molar-refractivity contribution is -0.141. The van der Waals surface area contributed by atoms with Gasteiger partial charge in [0.25, 0.3) is 11.8 Å². The normalized spacial score (nSPS) is 11.4. The number of nitrogens with two attached hydrogens (primary N) is 1. The number of nitrogens with one attached hydrogen (secondary N) is 1. The van der Waals surface area contributed by atoms with Crippen LogP contribution < -0.4 is 11.1 Å². The summed E-state index contributed by atoms with van der Waals surface area (Å²) < 4.78 is 40.2. The van der Waals surface area contributed by atoms with Gasteiger partial charge in [-0.15, -0.1) is 0 Å². The average Bonchev–Trinajstić information content (AvgIpc) is 3.09. The minimum atomic E-state index is -4.86. The minimum absolute atomic E-state index is 0.0626. The van der Waals surface area contributed by atoms with Gasteiger partial charge in [0, 0.05) is 12.3 Å². The highest BCUT2D eigenvalue weighted by atomic mass is 35.5. The van der Waals surface area contributed by atoms with Gasteiger partial charge in [-0.25, -0.2) is 14.6 Å². The third kappa shape index (κ3) is 4.32. The van der Waals surface area contributed by atoms with Crippen molar-refractivity contribution in [1.82, 2.24) is 19.7 Å². The van der Waals surface area contributed by atoms with Crippen LogP contribution in [0.3, 0.4) is 0 Å². The van der Waals surface area contributed by atoms with Gasteiger partial charge in [0.05, 0.1) is 15.7 Å². The minimum Gasteiger partial charge on any atom is -0.364 e. The Balaban J connectivity index is 2.13. The van der Waals surface area contributed by atoms with E-state index in [1.807, 2.05) is 0 Å². The molecule has 2 amide bonds. The predicted molar refractivity (Wildman–Crippen MR) is 102 cm³/mol. The molecule has 0 atom stereocenters. The van der Waals surface area contributed by atoms with E-state index >= 15 is 0 Å². The van der Waals surface area contributed by atoms with Gasteiger partial charge in [0.1, 0.15) is 10.8 Å². The lowest BCUT2D eigenvalue weighted by Crippen LogP contribution is -2.22. The largest absolute Gasteiger partial charge is 0.435 e. The lowest BCUT2D eigenvalue weighted by atomic mass is 10.2. The van der Waals surface area contributed by atoms with Crippen molar-refractivity contribution in [2.45, 2.75) is 6.18 Å². The van der Waals surface area contributed by atoms with Crippen LogP contribution in [-0.2, 0) is 6.18 Å². The van der Waals surface area contributed by atoms with Gasteiger partial charge in [-0.05, 0) is 18.2 Å². The summed E-state index contributed by atoms with van der Waals surface area (Å²) in [7, 11) is 0. The van der Waals surface area contributed by atoms with Gasteiger partial charge in [-0.3, -0.25) is 9.59 Å². The van der Waals surface area contributed by atoms with Crippen LogP contribution in [0, 0.1) is 0 Å². The molecule has 8 nitrogen and oxygen atoms in total. The van der Waals surface area contributed by atoms with Gasteiger partial charge >= 0.3 is 6.18 Å². The van der Waals surface area contributed by atoms with Crippen LogP contribution in [-0.4, -0.2) is 31.6 Å². The van der Waals surface area contributed by atoms with Crippen LogP contribution in [0.4, 0.5) is 18.9 Å². The third-order valence-corrected chi connectivity index (χ3v) is 4.37. The van der Waals surface area contributed by atoms with Crippen molar-refractivity contribution >= 4 is 52.3 Å². The van der Waals surface area contributed by atoms with Crippen LogP contribution in [0.25, 0.3) is 5.82 Å². The van der Waals surface area contributed by atoms with Crippen molar-refractivity contribution < 1.29 is 22.8 Å². The summed E-state index contributed by atoms with van der Waals surface area (Å²) in [5, 5.41) is 5.14. The molecular formula is C16H8Cl3F3N6O2. The number of aromatic nitrogens is 4. The summed E-state index contributed by atoms with van der Waals surface area (Å²) >= 11 is 17.7. The van der Waals surface area contributed by atoms with Crippen molar-refractivity contribution in [3.8, 4) is 5.82 Å². The van der Waals surface area contributed by atoms with Crippen molar-refractivity contribution in [1.29, 1.82) is 0 Å². The Labute approximate surface area is 180 Å². The number of amides is 2. The number of primary amides is 1. The van der Waals surface area contributed by atoms with Crippen LogP contribution in [0.5, 0.6) is 0 Å². The van der Waals surface area contributed by atoms with Crippen molar-refractivity contribution in [2.24, 2.45) is 5.73 Å². The molecule has 156 valence electrons. The van der Waals surface area contributed by atoms with Crippen LogP contribution >= 0.6 is 34.8 Å². The summed E-state index contributed by atoms with van der Waals surface area (Å²) in [5.41, 5.74) is 2.41. The molecule has 0 saturated heterocycles. The number of rotatable bonds is 4. The fourth-order valence-electron chi connectivity index (χ4n) is 2.34. The second-order valence-corrected chi connectivity index (χ2v) is 6.80. The predicted octanol–water partition coefficient (Wildman–Crippen LogP) is 3.99. The SMILES string of the molecule is NC(=O)c1nc(Cl)cc(Cl)c1NC(=O)c1cc(C(F)(F)F)nn1-c1ncccc1Cl. The molecule has 0 aliphatic rings. The number of hydrogen-bond acceptors (Lipinski definition) is 5. The molecule has 14 heteroatoms. The second kappa shape index (κ2) is 8.09. The van der Waals surface area contributed by atoms with E-state index in [0.717, 1.165) is 6.07 Å². The zero-order valence-electron chi connectivity index (χ0n) is 14.3. The van der Waals surface area contributed by atoms with E-state index in [9.17, 15) is 22.8 Å². The molecule has 0 aliphatic heterocycles. The lowest BCUT2D eigenvalue weighted by Gasteiger charge is -2.12. The fraction of sp³-hybridized carbons (Fsp3) is 0.0625. The van der Waals surface area contributed by atoms with Crippen LogP contribution in [0.15, 0.2) is 30.5 Å². The first kappa shape index (κ1) is 21.8. The van der Waals surface area contributed by atoms with E-state index in [-0.39, 0.29) is 26.7 Å². The number of pyridine rings is 2. The van der Waals surface area contributed by atoms with Crippen LogP contribution in [0.1, 0.15) is 26.7 Å². The number of carbonyl (C=O) groups is 2. The van der Waals surface area contributed by atoms with Crippen molar-refractivity contribution in [2.75, 3.05) is 5.32 Å². The topological polar surface area (TPSA) is 116 Å². The molecule has 0 saturated carbocycles.